The monoisotopic (exact) mass is 296 g/mol. The van der Waals surface area contributed by atoms with E-state index in [-0.39, 0.29) is 0 Å². The van der Waals surface area contributed by atoms with Crippen LogP contribution in [0.15, 0.2) is 30.6 Å². The number of aryl methyl sites for hydroxylation is 2. The molecule has 1 heterocycles. The minimum atomic E-state index is 0.553. The van der Waals surface area contributed by atoms with Crippen LogP contribution < -0.4 is 10.6 Å². The second-order valence-electron chi connectivity index (χ2n) is 6.27. The Morgan fingerprint density at radius 2 is 1.55 bits per heavy atom. The molecule has 1 saturated carbocycles. The van der Waals surface area contributed by atoms with Gasteiger partial charge in [0.1, 0.15) is 18.0 Å². The summed E-state index contributed by atoms with van der Waals surface area (Å²) in [5, 5.41) is 6.91. The summed E-state index contributed by atoms with van der Waals surface area (Å²) in [6.45, 7) is 4.21. The molecule has 1 aromatic heterocycles. The van der Waals surface area contributed by atoms with Crippen molar-refractivity contribution in [2.75, 3.05) is 10.6 Å². The maximum absolute atomic E-state index is 4.35. The number of aromatic nitrogens is 2. The molecule has 0 spiro atoms. The first-order valence-electron chi connectivity index (χ1n) is 8.13. The second kappa shape index (κ2) is 6.77. The van der Waals surface area contributed by atoms with Crippen LogP contribution in [0.1, 0.15) is 43.2 Å². The van der Waals surface area contributed by atoms with E-state index in [1.807, 2.05) is 6.07 Å². The average molecular weight is 296 g/mol. The molecule has 2 aromatic rings. The Labute approximate surface area is 132 Å². The summed E-state index contributed by atoms with van der Waals surface area (Å²) in [6.07, 6.45) is 8.10. The molecular formula is C18H24N4. The van der Waals surface area contributed by atoms with Crippen molar-refractivity contribution in [2.45, 2.75) is 52.0 Å². The highest BCUT2D eigenvalue weighted by molar-refractivity contribution is 5.60. The first kappa shape index (κ1) is 14.8. The first-order chi connectivity index (χ1) is 10.7. The van der Waals surface area contributed by atoms with Gasteiger partial charge in [0.05, 0.1) is 0 Å². The van der Waals surface area contributed by atoms with Gasteiger partial charge in [0.2, 0.25) is 0 Å². The van der Waals surface area contributed by atoms with Crippen molar-refractivity contribution in [2.24, 2.45) is 0 Å². The Bertz CT molecular complexity index is 612. The van der Waals surface area contributed by atoms with Crippen LogP contribution in [-0.4, -0.2) is 16.0 Å². The van der Waals surface area contributed by atoms with E-state index in [0.29, 0.717) is 6.04 Å². The number of nitrogens with one attached hydrogen (secondary N) is 2. The third-order valence-electron chi connectivity index (χ3n) is 4.12. The predicted molar refractivity (Wildman–Crippen MR) is 91.7 cm³/mol. The molecule has 116 valence electrons. The van der Waals surface area contributed by atoms with Crippen molar-refractivity contribution < 1.29 is 0 Å². The Morgan fingerprint density at radius 3 is 2.27 bits per heavy atom. The van der Waals surface area contributed by atoms with E-state index in [1.165, 1.54) is 43.2 Å². The van der Waals surface area contributed by atoms with E-state index in [4.69, 9.17) is 0 Å². The minimum Gasteiger partial charge on any atom is -0.367 e. The van der Waals surface area contributed by atoms with Gasteiger partial charge in [-0.3, -0.25) is 0 Å². The van der Waals surface area contributed by atoms with Gasteiger partial charge < -0.3 is 10.6 Å². The zero-order valence-electron chi connectivity index (χ0n) is 13.4. The van der Waals surface area contributed by atoms with Gasteiger partial charge >= 0.3 is 0 Å². The summed E-state index contributed by atoms with van der Waals surface area (Å²) in [7, 11) is 0. The molecule has 0 amide bonds. The fourth-order valence-electron chi connectivity index (χ4n) is 3.16. The van der Waals surface area contributed by atoms with Crippen molar-refractivity contribution in [3.8, 4) is 0 Å². The average Bonchev–Trinajstić information content (AvgIpc) is 2.47. The van der Waals surface area contributed by atoms with Crippen LogP contribution in [-0.2, 0) is 0 Å². The van der Waals surface area contributed by atoms with Gasteiger partial charge in [-0.1, -0.05) is 25.3 Å². The molecule has 4 heteroatoms. The summed E-state index contributed by atoms with van der Waals surface area (Å²) < 4.78 is 0. The second-order valence-corrected chi connectivity index (χ2v) is 6.27. The molecule has 1 fully saturated rings. The SMILES string of the molecule is Cc1cc(C)cc(Nc2cc(NC3CCCCC3)ncn2)c1. The predicted octanol–water partition coefficient (Wildman–Crippen LogP) is 4.58. The fourth-order valence-corrected chi connectivity index (χ4v) is 3.16. The van der Waals surface area contributed by atoms with Crippen molar-refractivity contribution in [3.63, 3.8) is 0 Å². The molecule has 1 aliphatic carbocycles. The Balaban J connectivity index is 1.70. The van der Waals surface area contributed by atoms with E-state index in [0.717, 1.165) is 17.3 Å². The van der Waals surface area contributed by atoms with Crippen molar-refractivity contribution in [1.82, 2.24) is 9.97 Å². The van der Waals surface area contributed by atoms with Gasteiger partial charge in [-0.2, -0.15) is 0 Å². The summed E-state index contributed by atoms with van der Waals surface area (Å²) in [4.78, 5) is 8.67. The van der Waals surface area contributed by atoms with E-state index in [1.54, 1.807) is 6.33 Å². The summed E-state index contributed by atoms with van der Waals surface area (Å²) in [5.74, 6) is 1.74. The van der Waals surface area contributed by atoms with E-state index in [2.05, 4.69) is 52.6 Å². The molecule has 0 aliphatic heterocycles. The zero-order chi connectivity index (χ0) is 15.4. The van der Waals surface area contributed by atoms with Crippen LogP contribution in [0.5, 0.6) is 0 Å². The Kier molecular flexibility index (Phi) is 4.56. The minimum absolute atomic E-state index is 0.553. The molecule has 0 unspecified atom stereocenters. The van der Waals surface area contributed by atoms with Gasteiger partial charge in [-0.05, 0) is 49.9 Å². The number of hydrogen-bond acceptors (Lipinski definition) is 4. The molecular weight excluding hydrogens is 272 g/mol. The Hall–Kier alpha value is -2.10. The molecule has 0 atom stereocenters. The molecule has 22 heavy (non-hydrogen) atoms. The summed E-state index contributed by atoms with van der Waals surface area (Å²) in [5.41, 5.74) is 3.56. The highest BCUT2D eigenvalue weighted by Crippen LogP contribution is 2.23. The van der Waals surface area contributed by atoms with Crippen molar-refractivity contribution >= 4 is 17.3 Å². The molecule has 0 radical (unpaired) electrons. The number of anilines is 3. The third-order valence-corrected chi connectivity index (χ3v) is 4.12. The number of hydrogen-bond donors (Lipinski definition) is 2. The van der Waals surface area contributed by atoms with E-state index >= 15 is 0 Å². The van der Waals surface area contributed by atoms with Crippen molar-refractivity contribution in [1.29, 1.82) is 0 Å². The summed E-state index contributed by atoms with van der Waals surface area (Å²) >= 11 is 0. The van der Waals surface area contributed by atoms with Crippen LogP contribution >= 0.6 is 0 Å². The highest BCUT2D eigenvalue weighted by Gasteiger charge is 2.13. The Morgan fingerprint density at radius 1 is 0.864 bits per heavy atom. The van der Waals surface area contributed by atoms with E-state index in [9.17, 15) is 0 Å². The molecule has 3 rings (SSSR count). The van der Waals surface area contributed by atoms with Gasteiger partial charge in [0, 0.05) is 17.8 Å². The first-order valence-corrected chi connectivity index (χ1v) is 8.13. The lowest BCUT2D eigenvalue weighted by atomic mass is 9.95. The smallest absolute Gasteiger partial charge is 0.135 e. The van der Waals surface area contributed by atoms with Crippen LogP contribution in [0.4, 0.5) is 17.3 Å². The lowest BCUT2D eigenvalue weighted by Gasteiger charge is -2.23. The standard InChI is InChI=1S/C18H24N4/c1-13-8-14(2)10-16(9-13)22-18-11-17(19-12-20-18)21-15-6-4-3-5-7-15/h8-12,15H,3-7H2,1-2H3,(H2,19,20,21,22). The molecule has 0 bridgehead atoms. The largest absolute Gasteiger partial charge is 0.367 e. The van der Waals surface area contributed by atoms with Crippen LogP contribution in [0.25, 0.3) is 0 Å². The topological polar surface area (TPSA) is 49.8 Å². The third kappa shape index (κ3) is 3.97. The lowest BCUT2D eigenvalue weighted by Crippen LogP contribution is -2.22. The van der Waals surface area contributed by atoms with Crippen LogP contribution in [0.2, 0.25) is 0 Å². The zero-order valence-corrected chi connectivity index (χ0v) is 13.4. The summed E-state index contributed by atoms with van der Waals surface area (Å²) in [6, 6.07) is 8.97. The molecule has 1 aliphatic rings. The van der Waals surface area contributed by atoms with E-state index < -0.39 is 0 Å². The highest BCUT2D eigenvalue weighted by atomic mass is 15.1. The molecule has 0 saturated heterocycles. The maximum atomic E-state index is 4.35. The fraction of sp³-hybridized carbons (Fsp3) is 0.444. The quantitative estimate of drug-likeness (QED) is 0.867. The normalized spacial score (nSPS) is 15.5. The van der Waals surface area contributed by atoms with Gasteiger partial charge in [-0.15, -0.1) is 0 Å². The van der Waals surface area contributed by atoms with Crippen LogP contribution in [0, 0.1) is 13.8 Å². The molecule has 4 nitrogen and oxygen atoms in total. The maximum Gasteiger partial charge on any atom is 0.135 e. The lowest BCUT2D eigenvalue weighted by molar-refractivity contribution is 0.462. The van der Waals surface area contributed by atoms with Gasteiger partial charge in [-0.25, -0.2) is 9.97 Å². The van der Waals surface area contributed by atoms with Gasteiger partial charge in [0.25, 0.3) is 0 Å². The number of nitrogens with zero attached hydrogens (tertiary/aromatic N) is 2. The number of rotatable bonds is 4. The number of benzene rings is 1. The molecule has 2 N–H and O–H groups in total. The van der Waals surface area contributed by atoms with Crippen molar-refractivity contribution in [3.05, 3.63) is 41.7 Å². The van der Waals surface area contributed by atoms with Crippen LogP contribution in [0.3, 0.4) is 0 Å². The molecule has 1 aromatic carbocycles. The van der Waals surface area contributed by atoms with Gasteiger partial charge in [0.15, 0.2) is 0 Å².